The third kappa shape index (κ3) is 3.99. The number of aromatic amines is 1. The van der Waals surface area contributed by atoms with Crippen molar-refractivity contribution in [2.24, 2.45) is 5.10 Å². The van der Waals surface area contributed by atoms with Gasteiger partial charge in [-0.1, -0.05) is 29.8 Å². The maximum Gasteiger partial charge on any atom is 0.289 e. The smallest absolute Gasteiger partial charge is 0.272 e. The fourth-order valence-corrected chi connectivity index (χ4v) is 2.22. The molecule has 0 aliphatic carbocycles. The summed E-state index contributed by atoms with van der Waals surface area (Å²) in [5, 5.41) is 21.2. The summed E-state index contributed by atoms with van der Waals surface area (Å²) in [6.45, 7) is 2.00. The summed E-state index contributed by atoms with van der Waals surface area (Å²) in [5.41, 5.74) is 5.99. The Balaban J connectivity index is 1.63. The first-order chi connectivity index (χ1) is 12.5. The zero-order valence-corrected chi connectivity index (χ0v) is 13.8. The van der Waals surface area contributed by atoms with Gasteiger partial charge in [-0.25, -0.2) is 5.43 Å². The summed E-state index contributed by atoms with van der Waals surface area (Å²) in [6.07, 6.45) is 1.40. The van der Waals surface area contributed by atoms with Gasteiger partial charge >= 0.3 is 0 Å². The Kier molecular flexibility index (Phi) is 4.84. The van der Waals surface area contributed by atoms with Crippen LogP contribution in [0.5, 0.6) is 0 Å². The Hall–Kier alpha value is -3.81. The van der Waals surface area contributed by atoms with Crippen molar-refractivity contribution in [2.75, 3.05) is 0 Å². The van der Waals surface area contributed by atoms with Gasteiger partial charge in [0, 0.05) is 17.7 Å². The maximum absolute atomic E-state index is 12.1. The SMILES string of the molecule is Cc1ccc(-c2cc(C(=O)N/N=C/c3ccc([N+](=O)[O-])cc3)[nH]n2)cc1. The number of aromatic nitrogens is 2. The molecule has 1 amide bonds. The third-order valence-electron chi connectivity index (χ3n) is 3.65. The molecule has 3 rings (SSSR count). The van der Waals surface area contributed by atoms with E-state index in [1.165, 1.54) is 18.3 Å². The lowest BCUT2D eigenvalue weighted by molar-refractivity contribution is -0.384. The van der Waals surface area contributed by atoms with Crippen LogP contribution in [0.2, 0.25) is 0 Å². The molecule has 0 aliphatic heterocycles. The lowest BCUT2D eigenvalue weighted by Gasteiger charge is -1.97. The van der Waals surface area contributed by atoms with Crippen molar-refractivity contribution in [2.45, 2.75) is 6.92 Å². The van der Waals surface area contributed by atoms with Gasteiger partial charge in [0.05, 0.1) is 16.8 Å². The molecule has 0 saturated heterocycles. The van der Waals surface area contributed by atoms with Crippen LogP contribution in [0.1, 0.15) is 21.6 Å². The molecule has 26 heavy (non-hydrogen) atoms. The van der Waals surface area contributed by atoms with E-state index in [0.29, 0.717) is 11.3 Å². The molecule has 0 saturated carbocycles. The van der Waals surface area contributed by atoms with Crippen LogP contribution in [0.4, 0.5) is 5.69 Å². The van der Waals surface area contributed by atoms with Crippen LogP contribution in [0.3, 0.4) is 0 Å². The van der Waals surface area contributed by atoms with Gasteiger partial charge < -0.3 is 0 Å². The van der Waals surface area contributed by atoms with Crippen molar-refractivity contribution in [3.05, 3.63) is 81.5 Å². The number of nitro benzene ring substituents is 1. The van der Waals surface area contributed by atoms with Crippen molar-refractivity contribution in [3.63, 3.8) is 0 Å². The average Bonchev–Trinajstić information content (AvgIpc) is 3.13. The third-order valence-corrected chi connectivity index (χ3v) is 3.65. The van der Waals surface area contributed by atoms with Gasteiger partial charge in [0.1, 0.15) is 5.69 Å². The summed E-state index contributed by atoms with van der Waals surface area (Å²) in [7, 11) is 0. The summed E-state index contributed by atoms with van der Waals surface area (Å²) in [5.74, 6) is -0.436. The van der Waals surface area contributed by atoms with Gasteiger partial charge in [-0.05, 0) is 30.7 Å². The summed E-state index contributed by atoms with van der Waals surface area (Å²) >= 11 is 0. The first-order valence-corrected chi connectivity index (χ1v) is 7.73. The number of non-ortho nitro benzene ring substituents is 1. The Morgan fingerprint density at radius 3 is 2.54 bits per heavy atom. The zero-order valence-electron chi connectivity index (χ0n) is 13.8. The second-order valence-electron chi connectivity index (χ2n) is 5.58. The number of hydrogen-bond donors (Lipinski definition) is 2. The van der Waals surface area contributed by atoms with Crippen LogP contribution >= 0.6 is 0 Å². The number of benzene rings is 2. The van der Waals surface area contributed by atoms with E-state index in [1.807, 2.05) is 31.2 Å². The van der Waals surface area contributed by atoms with Crippen LogP contribution in [-0.2, 0) is 0 Å². The summed E-state index contributed by atoms with van der Waals surface area (Å²) < 4.78 is 0. The number of nitro groups is 1. The molecule has 0 aliphatic rings. The first kappa shape index (κ1) is 17.0. The number of amides is 1. The van der Waals surface area contributed by atoms with Gasteiger partial charge in [-0.3, -0.25) is 20.0 Å². The van der Waals surface area contributed by atoms with Gasteiger partial charge in [-0.15, -0.1) is 0 Å². The number of nitrogens with one attached hydrogen (secondary N) is 2. The van der Waals surface area contributed by atoms with Gasteiger partial charge in [0.2, 0.25) is 0 Å². The molecule has 0 atom stereocenters. The Labute approximate surface area is 148 Å². The van der Waals surface area contributed by atoms with Crippen LogP contribution in [0.15, 0.2) is 59.7 Å². The molecule has 3 aromatic rings. The molecule has 0 radical (unpaired) electrons. The van der Waals surface area contributed by atoms with E-state index in [-0.39, 0.29) is 11.4 Å². The molecular weight excluding hydrogens is 334 g/mol. The minimum Gasteiger partial charge on any atom is -0.272 e. The molecule has 2 N–H and O–H groups in total. The quantitative estimate of drug-likeness (QED) is 0.418. The Morgan fingerprint density at radius 2 is 1.88 bits per heavy atom. The number of rotatable bonds is 5. The molecule has 130 valence electrons. The highest BCUT2D eigenvalue weighted by Gasteiger charge is 2.10. The second kappa shape index (κ2) is 7.39. The van der Waals surface area contributed by atoms with Crippen molar-refractivity contribution < 1.29 is 9.72 Å². The van der Waals surface area contributed by atoms with E-state index in [0.717, 1.165) is 11.1 Å². The van der Waals surface area contributed by atoms with Crippen molar-refractivity contribution in [3.8, 4) is 11.3 Å². The second-order valence-corrected chi connectivity index (χ2v) is 5.58. The normalized spacial score (nSPS) is 10.8. The van der Waals surface area contributed by atoms with Gasteiger partial charge in [-0.2, -0.15) is 10.2 Å². The van der Waals surface area contributed by atoms with Crippen LogP contribution in [0.25, 0.3) is 11.3 Å². The monoisotopic (exact) mass is 349 g/mol. The average molecular weight is 349 g/mol. The topological polar surface area (TPSA) is 113 Å². The molecule has 1 aromatic heterocycles. The van der Waals surface area contributed by atoms with Crippen molar-refractivity contribution >= 4 is 17.8 Å². The molecule has 8 nitrogen and oxygen atoms in total. The molecule has 8 heteroatoms. The highest BCUT2D eigenvalue weighted by molar-refractivity contribution is 5.94. The van der Waals surface area contributed by atoms with E-state index in [2.05, 4.69) is 20.7 Å². The standard InChI is InChI=1S/C18H15N5O3/c1-12-2-6-14(7-3-12)16-10-17(21-20-16)18(24)22-19-11-13-4-8-15(9-5-13)23(25)26/h2-11H,1H3,(H,20,21)(H,22,24)/b19-11+. The summed E-state index contributed by atoms with van der Waals surface area (Å²) in [4.78, 5) is 22.2. The number of hydrogen-bond acceptors (Lipinski definition) is 5. The van der Waals surface area contributed by atoms with Crippen molar-refractivity contribution in [1.82, 2.24) is 15.6 Å². The van der Waals surface area contributed by atoms with Crippen molar-refractivity contribution in [1.29, 1.82) is 0 Å². The van der Waals surface area contributed by atoms with Gasteiger partial charge in [0.25, 0.3) is 11.6 Å². The fourth-order valence-electron chi connectivity index (χ4n) is 2.22. The minimum absolute atomic E-state index is 0.00715. The number of carbonyl (C=O) groups excluding carboxylic acids is 1. The number of carbonyl (C=O) groups is 1. The van der Waals surface area contributed by atoms with Crippen LogP contribution in [0, 0.1) is 17.0 Å². The largest absolute Gasteiger partial charge is 0.289 e. The lowest BCUT2D eigenvalue weighted by atomic mass is 10.1. The van der Waals surface area contributed by atoms with Crippen LogP contribution in [-0.4, -0.2) is 27.2 Å². The molecule has 0 fully saturated rings. The van der Waals surface area contributed by atoms with E-state index < -0.39 is 10.8 Å². The number of nitrogens with zero attached hydrogens (tertiary/aromatic N) is 3. The number of aryl methyl sites for hydroxylation is 1. The summed E-state index contributed by atoms with van der Waals surface area (Å²) in [6, 6.07) is 15.3. The molecule has 0 unspecified atom stereocenters. The molecule has 2 aromatic carbocycles. The molecular formula is C18H15N5O3. The number of H-pyrrole nitrogens is 1. The zero-order chi connectivity index (χ0) is 18.5. The highest BCUT2D eigenvalue weighted by atomic mass is 16.6. The molecule has 0 bridgehead atoms. The molecule has 1 heterocycles. The van der Waals surface area contributed by atoms with E-state index in [4.69, 9.17) is 0 Å². The highest BCUT2D eigenvalue weighted by Crippen LogP contribution is 2.18. The molecule has 0 spiro atoms. The fraction of sp³-hybridized carbons (Fsp3) is 0.0556. The maximum atomic E-state index is 12.1. The predicted octanol–water partition coefficient (Wildman–Crippen LogP) is 3.06. The Morgan fingerprint density at radius 1 is 1.19 bits per heavy atom. The predicted molar refractivity (Wildman–Crippen MR) is 96.9 cm³/mol. The minimum atomic E-state index is -0.480. The van der Waals surface area contributed by atoms with Gasteiger partial charge in [0.15, 0.2) is 0 Å². The number of hydrazone groups is 1. The lowest BCUT2D eigenvalue weighted by Crippen LogP contribution is -2.17. The van der Waals surface area contributed by atoms with E-state index in [1.54, 1.807) is 18.2 Å². The van der Waals surface area contributed by atoms with E-state index >= 15 is 0 Å². The Bertz CT molecular complexity index is 959. The van der Waals surface area contributed by atoms with E-state index in [9.17, 15) is 14.9 Å². The first-order valence-electron chi connectivity index (χ1n) is 7.73. The van der Waals surface area contributed by atoms with Crippen LogP contribution < -0.4 is 5.43 Å².